The van der Waals surface area contributed by atoms with Crippen LogP contribution in [0.2, 0.25) is 0 Å². The van der Waals surface area contributed by atoms with Gasteiger partial charge in [0, 0.05) is 25.0 Å². The van der Waals surface area contributed by atoms with E-state index in [1.54, 1.807) is 15.9 Å². The average Bonchev–Trinajstić information content (AvgIpc) is 3.05. The lowest BCUT2D eigenvalue weighted by atomic mass is 9.74. The Morgan fingerprint density at radius 2 is 1.72 bits per heavy atom. The van der Waals surface area contributed by atoms with Crippen molar-refractivity contribution in [2.45, 2.75) is 51.2 Å². The second kappa shape index (κ2) is 8.45. The summed E-state index contributed by atoms with van der Waals surface area (Å²) in [7, 11) is 0. The minimum atomic E-state index is -0.626. The monoisotopic (exact) mass is 440 g/mol. The molecule has 0 saturated carbocycles. The topological polar surface area (TPSA) is 59.1 Å². The van der Waals surface area contributed by atoms with Crippen molar-refractivity contribution >= 4 is 17.9 Å². The Bertz CT molecular complexity index is 995. The highest BCUT2D eigenvalue weighted by atomic mass is 19.1. The summed E-state index contributed by atoms with van der Waals surface area (Å²) in [6, 6.07) is 14.1. The maximum Gasteiger partial charge on any atom is 0.414 e. The fourth-order valence-corrected chi connectivity index (χ4v) is 4.48. The molecule has 0 atom stereocenters. The molecule has 0 aliphatic carbocycles. The van der Waals surface area contributed by atoms with E-state index < -0.39 is 17.1 Å². The van der Waals surface area contributed by atoms with Crippen LogP contribution >= 0.6 is 0 Å². The summed E-state index contributed by atoms with van der Waals surface area (Å²) >= 11 is 0. The second-order valence-corrected chi connectivity index (χ2v) is 9.54. The predicted molar refractivity (Wildman–Crippen MR) is 119 cm³/mol. The van der Waals surface area contributed by atoms with Crippen LogP contribution in [0.3, 0.4) is 0 Å². The Morgan fingerprint density at radius 3 is 2.38 bits per heavy atom. The molecule has 0 radical (unpaired) electrons. The first-order valence-electron chi connectivity index (χ1n) is 10.9. The van der Waals surface area contributed by atoms with E-state index in [-0.39, 0.29) is 18.5 Å². The first-order chi connectivity index (χ1) is 15.2. The molecular formula is C25H29FN2O4. The molecule has 2 amide bonds. The molecule has 2 heterocycles. The van der Waals surface area contributed by atoms with E-state index in [1.165, 1.54) is 12.1 Å². The van der Waals surface area contributed by atoms with Crippen LogP contribution in [0.25, 0.3) is 0 Å². The van der Waals surface area contributed by atoms with Crippen LogP contribution in [0.1, 0.15) is 44.7 Å². The van der Waals surface area contributed by atoms with Crippen molar-refractivity contribution in [3.05, 3.63) is 65.5 Å². The van der Waals surface area contributed by atoms with Gasteiger partial charge < -0.3 is 14.4 Å². The Balaban J connectivity index is 1.46. The van der Waals surface area contributed by atoms with Gasteiger partial charge in [-0.2, -0.15) is 0 Å². The van der Waals surface area contributed by atoms with Crippen molar-refractivity contribution in [2.75, 3.05) is 24.5 Å². The fourth-order valence-electron chi connectivity index (χ4n) is 4.48. The Morgan fingerprint density at radius 1 is 1.03 bits per heavy atom. The minimum Gasteiger partial charge on any atom is -0.445 e. The van der Waals surface area contributed by atoms with E-state index in [4.69, 9.17) is 9.47 Å². The van der Waals surface area contributed by atoms with Gasteiger partial charge in [-0.3, -0.25) is 4.90 Å². The van der Waals surface area contributed by atoms with Crippen LogP contribution in [0.4, 0.5) is 19.7 Å². The van der Waals surface area contributed by atoms with Crippen molar-refractivity contribution < 1.29 is 23.5 Å². The molecule has 4 rings (SSSR count). The molecule has 1 fully saturated rings. The molecular weight excluding hydrogens is 411 g/mol. The molecule has 1 spiro atoms. The molecule has 2 aromatic rings. The number of anilines is 1. The standard InChI is InChI=1S/C25H29FN2O4/c1-24(2,3)32-23(30)28-17-25(20-15-19(26)9-10-21(20)28)11-13-27(14-12-25)22(29)31-16-18-7-5-4-6-8-18/h4-10,15H,11-14,16-17H2,1-3H3. The number of likely N-dealkylation sites (tertiary alicyclic amines) is 1. The normalized spacial score (nSPS) is 17.2. The SMILES string of the molecule is CC(C)(C)OC(=O)N1CC2(CCN(C(=O)OCc3ccccc3)CC2)c2cc(F)ccc21. The molecule has 0 unspecified atom stereocenters. The number of hydrogen-bond donors (Lipinski definition) is 0. The molecule has 170 valence electrons. The summed E-state index contributed by atoms with van der Waals surface area (Å²) < 4.78 is 25.2. The molecule has 0 aromatic heterocycles. The zero-order valence-corrected chi connectivity index (χ0v) is 18.8. The quantitative estimate of drug-likeness (QED) is 0.640. The van der Waals surface area contributed by atoms with Crippen molar-refractivity contribution in [2.24, 2.45) is 0 Å². The molecule has 6 nitrogen and oxygen atoms in total. The number of fused-ring (bicyclic) bond motifs is 2. The third kappa shape index (κ3) is 4.56. The summed E-state index contributed by atoms with van der Waals surface area (Å²) in [5.74, 6) is -0.334. The number of carbonyl (C=O) groups is 2. The van der Waals surface area contributed by atoms with Gasteiger partial charge in [0.15, 0.2) is 0 Å². The molecule has 1 saturated heterocycles. The molecule has 32 heavy (non-hydrogen) atoms. The number of halogens is 1. The average molecular weight is 441 g/mol. The number of ether oxygens (including phenoxy) is 2. The van der Waals surface area contributed by atoms with Crippen LogP contribution in [0, 0.1) is 5.82 Å². The van der Waals surface area contributed by atoms with E-state index in [2.05, 4.69) is 0 Å². The van der Waals surface area contributed by atoms with E-state index in [0.717, 1.165) is 11.1 Å². The molecule has 7 heteroatoms. The van der Waals surface area contributed by atoms with Crippen LogP contribution < -0.4 is 4.90 Å². The highest BCUT2D eigenvalue weighted by Crippen LogP contribution is 2.47. The van der Waals surface area contributed by atoms with E-state index in [9.17, 15) is 14.0 Å². The van der Waals surface area contributed by atoms with Gasteiger partial charge in [0.25, 0.3) is 0 Å². The van der Waals surface area contributed by atoms with E-state index in [0.29, 0.717) is 38.2 Å². The van der Waals surface area contributed by atoms with Crippen molar-refractivity contribution in [3.63, 3.8) is 0 Å². The number of carbonyl (C=O) groups excluding carboxylic acids is 2. The van der Waals surface area contributed by atoms with E-state index >= 15 is 0 Å². The highest BCUT2D eigenvalue weighted by molar-refractivity contribution is 5.91. The third-order valence-corrected chi connectivity index (χ3v) is 6.08. The molecule has 2 aliphatic rings. The molecule has 0 bridgehead atoms. The lowest BCUT2D eigenvalue weighted by Gasteiger charge is -2.39. The summed E-state index contributed by atoms with van der Waals surface area (Å²) in [5, 5.41) is 0. The molecule has 2 aromatic carbocycles. The summed E-state index contributed by atoms with van der Waals surface area (Å²) in [6.07, 6.45) is 0.434. The fraction of sp³-hybridized carbons (Fsp3) is 0.440. The number of nitrogens with zero attached hydrogens (tertiary/aromatic N) is 2. The Labute approximate surface area is 187 Å². The largest absolute Gasteiger partial charge is 0.445 e. The Hall–Kier alpha value is -3.09. The van der Waals surface area contributed by atoms with Gasteiger partial charge in [0.1, 0.15) is 18.0 Å². The minimum absolute atomic E-state index is 0.224. The van der Waals surface area contributed by atoms with Gasteiger partial charge >= 0.3 is 12.2 Å². The van der Waals surface area contributed by atoms with Gasteiger partial charge in [-0.25, -0.2) is 14.0 Å². The maximum atomic E-state index is 14.1. The van der Waals surface area contributed by atoms with Crippen LogP contribution in [-0.4, -0.2) is 42.3 Å². The lowest BCUT2D eigenvalue weighted by Crippen LogP contribution is -2.48. The number of rotatable bonds is 2. The first-order valence-corrected chi connectivity index (χ1v) is 10.9. The summed E-state index contributed by atoms with van der Waals surface area (Å²) in [6.45, 7) is 7.05. The zero-order valence-electron chi connectivity index (χ0n) is 18.8. The number of hydrogen-bond acceptors (Lipinski definition) is 4. The second-order valence-electron chi connectivity index (χ2n) is 9.54. The predicted octanol–water partition coefficient (Wildman–Crippen LogP) is 5.25. The third-order valence-electron chi connectivity index (χ3n) is 6.08. The van der Waals surface area contributed by atoms with Crippen LogP contribution in [0.5, 0.6) is 0 Å². The Kier molecular flexibility index (Phi) is 5.84. The zero-order chi connectivity index (χ0) is 22.9. The van der Waals surface area contributed by atoms with Gasteiger partial charge in [-0.1, -0.05) is 30.3 Å². The van der Waals surface area contributed by atoms with Gasteiger partial charge in [-0.15, -0.1) is 0 Å². The number of benzene rings is 2. The smallest absolute Gasteiger partial charge is 0.414 e. The maximum absolute atomic E-state index is 14.1. The van der Waals surface area contributed by atoms with Crippen molar-refractivity contribution in [3.8, 4) is 0 Å². The van der Waals surface area contributed by atoms with Gasteiger partial charge in [0.05, 0.1) is 5.69 Å². The number of amides is 2. The van der Waals surface area contributed by atoms with Crippen LogP contribution in [0.15, 0.2) is 48.5 Å². The van der Waals surface area contributed by atoms with Crippen molar-refractivity contribution in [1.29, 1.82) is 0 Å². The highest BCUT2D eigenvalue weighted by Gasteiger charge is 2.48. The van der Waals surface area contributed by atoms with Gasteiger partial charge in [-0.05, 0) is 62.9 Å². The summed E-state index contributed by atoms with van der Waals surface area (Å²) in [5.41, 5.74) is 1.38. The molecule has 2 aliphatic heterocycles. The first kappa shape index (κ1) is 22.1. The number of piperidine rings is 1. The van der Waals surface area contributed by atoms with E-state index in [1.807, 2.05) is 51.1 Å². The van der Waals surface area contributed by atoms with Gasteiger partial charge in [0.2, 0.25) is 0 Å². The lowest BCUT2D eigenvalue weighted by molar-refractivity contribution is 0.0561. The van der Waals surface area contributed by atoms with Crippen LogP contribution in [-0.2, 0) is 21.5 Å². The van der Waals surface area contributed by atoms with Crippen molar-refractivity contribution in [1.82, 2.24) is 4.90 Å². The molecule has 0 N–H and O–H groups in total. The summed E-state index contributed by atoms with van der Waals surface area (Å²) in [4.78, 5) is 28.7.